The molecule has 0 unspecified atom stereocenters. The van der Waals surface area contributed by atoms with E-state index >= 15 is 0 Å². The van der Waals surface area contributed by atoms with Crippen molar-refractivity contribution in [3.05, 3.63) is 34.0 Å². The molecule has 2 amide bonds. The summed E-state index contributed by atoms with van der Waals surface area (Å²) >= 11 is 7.78. The summed E-state index contributed by atoms with van der Waals surface area (Å²) in [5.41, 5.74) is 8.86. The highest BCUT2D eigenvalue weighted by atomic mass is 35.5. The van der Waals surface area contributed by atoms with Gasteiger partial charge in [-0.05, 0) is 50.3 Å². The van der Waals surface area contributed by atoms with Crippen molar-refractivity contribution in [1.82, 2.24) is 15.1 Å². The Morgan fingerprint density at radius 2 is 1.94 bits per heavy atom. The van der Waals surface area contributed by atoms with E-state index in [1.54, 1.807) is 4.90 Å². The Bertz CT molecular complexity index is 1180. The summed E-state index contributed by atoms with van der Waals surface area (Å²) in [4.78, 5) is 42.3. The molecule has 2 aromatic rings. The standard InChI is InChI=1S/C25H29ClN4O4S/c1-12-8-15(13(2)29-28-12)19-9-16(23(35-19)24(27)32)20(14-6-4-3-5-7-14)25(33)30-10-17(26)22-21(30)18(31)11-34-22/h8-9,14,17,20-22H,3-7,10-11H2,1-2H3,(H2,27,32)/t17-,20-,21+,22+/m0/s1. The van der Waals surface area contributed by atoms with Crippen LogP contribution in [0.15, 0.2) is 12.1 Å². The van der Waals surface area contributed by atoms with Crippen molar-refractivity contribution in [3.8, 4) is 10.4 Å². The van der Waals surface area contributed by atoms with Crippen LogP contribution in [0.3, 0.4) is 0 Å². The number of primary amides is 1. The minimum absolute atomic E-state index is 0.0285. The number of fused-ring (bicyclic) bond motifs is 1. The molecule has 2 aliphatic heterocycles. The molecule has 3 aliphatic rings. The first-order chi connectivity index (χ1) is 16.8. The summed E-state index contributed by atoms with van der Waals surface area (Å²) < 4.78 is 5.60. The highest BCUT2D eigenvalue weighted by Gasteiger charge is 2.53. The summed E-state index contributed by atoms with van der Waals surface area (Å²) in [6.07, 6.45) is 4.45. The molecule has 5 rings (SSSR count). The van der Waals surface area contributed by atoms with Gasteiger partial charge in [0.1, 0.15) is 18.8 Å². The number of likely N-dealkylation sites (tertiary alicyclic amines) is 1. The van der Waals surface area contributed by atoms with E-state index in [0.29, 0.717) is 10.4 Å². The highest BCUT2D eigenvalue weighted by molar-refractivity contribution is 7.17. The van der Waals surface area contributed by atoms with E-state index in [9.17, 15) is 14.4 Å². The van der Waals surface area contributed by atoms with Crippen LogP contribution in [0.25, 0.3) is 10.4 Å². The number of rotatable bonds is 5. The first-order valence-corrected chi connectivity index (χ1v) is 13.3. The van der Waals surface area contributed by atoms with Gasteiger partial charge >= 0.3 is 0 Å². The molecule has 0 radical (unpaired) electrons. The molecule has 2 aromatic heterocycles. The maximum atomic E-state index is 14.2. The molecule has 0 bridgehead atoms. The number of amides is 2. The minimum Gasteiger partial charge on any atom is -0.366 e. The smallest absolute Gasteiger partial charge is 0.259 e. The number of Topliss-reactive ketones (excluding diaryl/α,β-unsaturated/α-hetero) is 1. The van der Waals surface area contributed by atoms with E-state index < -0.39 is 29.3 Å². The van der Waals surface area contributed by atoms with Gasteiger partial charge in [-0.3, -0.25) is 14.4 Å². The average molecular weight is 517 g/mol. The van der Waals surface area contributed by atoms with E-state index in [4.69, 9.17) is 22.1 Å². The second-order valence-electron chi connectivity index (χ2n) is 9.81. The van der Waals surface area contributed by atoms with Crippen molar-refractivity contribution in [3.63, 3.8) is 0 Å². The molecule has 1 saturated carbocycles. The van der Waals surface area contributed by atoms with Crippen molar-refractivity contribution in [1.29, 1.82) is 0 Å². The summed E-state index contributed by atoms with van der Waals surface area (Å²) in [6.45, 7) is 3.95. The lowest BCUT2D eigenvalue weighted by Gasteiger charge is -2.34. The predicted molar refractivity (Wildman–Crippen MR) is 133 cm³/mol. The van der Waals surface area contributed by atoms with Crippen molar-refractivity contribution < 1.29 is 19.1 Å². The number of ketones is 1. The lowest BCUT2D eigenvalue weighted by molar-refractivity contribution is -0.139. The van der Waals surface area contributed by atoms with Gasteiger partial charge in [-0.1, -0.05) is 19.3 Å². The molecule has 2 saturated heterocycles. The number of nitrogens with zero attached hydrogens (tertiary/aromatic N) is 3. The van der Waals surface area contributed by atoms with E-state index in [1.165, 1.54) is 11.3 Å². The minimum atomic E-state index is -0.666. The maximum Gasteiger partial charge on any atom is 0.259 e. The number of aromatic nitrogens is 2. The first kappa shape index (κ1) is 24.3. The molecule has 1 aliphatic carbocycles. The number of nitrogens with two attached hydrogens (primary N) is 1. The lowest BCUT2D eigenvalue weighted by atomic mass is 9.75. The molecule has 10 heteroatoms. The van der Waals surface area contributed by atoms with Crippen LogP contribution in [-0.2, 0) is 14.3 Å². The molecular weight excluding hydrogens is 488 g/mol. The third-order valence-corrected chi connectivity index (χ3v) is 9.06. The molecule has 0 spiro atoms. The van der Waals surface area contributed by atoms with Gasteiger partial charge in [-0.25, -0.2) is 0 Å². The largest absolute Gasteiger partial charge is 0.366 e. The van der Waals surface area contributed by atoms with E-state index in [1.807, 2.05) is 26.0 Å². The van der Waals surface area contributed by atoms with Crippen molar-refractivity contribution in [2.75, 3.05) is 13.2 Å². The first-order valence-electron chi connectivity index (χ1n) is 12.1. The SMILES string of the molecule is Cc1cc(-c2cc([C@@H](C(=O)N3C[C@H](Cl)[C@H]4OCC(=O)[C@H]43)C3CCCCC3)c(C(N)=O)s2)c(C)nn1. The molecule has 35 heavy (non-hydrogen) atoms. The van der Waals surface area contributed by atoms with Gasteiger partial charge in [0.15, 0.2) is 5.78 Å². The monoisotopic (exact) mass is 516 g/mol. The molecule has 186 valence electrons. The van der Waals surface area contributed by atoms with Gasteiger partial charge in [0.25, 0.3) is 5.91 Å². The third kappa shape index (κ3) is 4.38. The van der Waals surface area contributed by atoms with Gasteiger partial charge in [-0.15, -0.1) is 22.9 Å². The third-order valence-electron chi connectivity index (χ3n) is 7.48. The van der Waals surface area contributed by atoms with Crippen LogP contribution in [0.4, 0.5) is 0 Å². The Morgan fingerprint density at radius 1 is 1.20 bits per heavy atom. The summed E-state index contributed by atoms with van der Waals surface area (Å²) in [5.74, 6) is -1.36. The molecule has 2 N–H and O–H groups in total. The van der Waals surface area contributed by atoms with Crippen LogP contribution in [0.5, 0.6) is 0 Å². The Hall–Kier alpha value is -2.36. The number of hydrogen-bond acceptors (Lipinski definition) is 7. The predicted octanol–water partition coefficient (Wildman–Crippen LogP) is 3.37. The molecule has 4 heterocycles. The highest BCUT2D eigenvalue weighted by Crippen LogP contribution is 2.45. The van der Waals surface area contributed by atoms with Gasteiger partial charge in [-0.2, -0.15) is 10.2 Å². The number of carbonyl (C=O) groups excluding carboxylic acids is 3. The van der Waals surface area contributed by atoms with Crippen molar-refractivity contribution >= 4 is 40.5 Å². The maximum absolute atomic E-state index is 14.2. The zero-order chi connectivity index (χ0) is 24.9. The second kappa shape index (κ2) is 9.59. The van der Waals surface area contributed by atoms with Crippen LogP contribution < -0.4 is 5.73 Å². The van der Waals surface area contributed by atoms with Crippen LogP contribution in [0.1, 0.15) is 64.6 Å². The average Bonchev–Trinajstić information content (AvgIpc) is 3.53. The van der Waals surface area contributed by atoms with E-state index in [2.05, 4.69) is 10.2 Å². The quantitative estimate of drug-likeness (QED) is 0.609. The van der Waals surface area contributed by atoms with Gasteiger partial charge in [0, 0.05) is 17.0 Å². The molecule has 3 fully saturated rings. The topological polar surface area (TPSA) is 115 Å². The van der Waals surface area contributed by atoms with Crippen LogP contribution in [-0.4, -0.2) is 63.4 Å². The molecule has 4 atom stereocenters. The number of halogens is 1. The summed E-state index contributed by atoms with van der Waals surface area (Å²) in [6, 6.07) is 3.18. The van der Waals surface area contributed by atoms with E-state index in [0.717, 1.165) is 53.9 Å². The molecule has 8 nitrogen and oxygen atoms in total. The number of hydrogen-bond donors (Lipinski definition) is 1. The van der Waals surface area contributed by atoms with Gasteiger partial charge in [0.2, 0.25) is 5.91 Å². The Labute approximate surface area is 213 Å². The fourth-order valence-electron chi connectivity index (χ4n) is 5.82. The Balaban J connectivity index is 1.60. The zero-order valence-corrected chi connectivity index (χ0v) is 21.4. The normalized spacial score (nSPS) is 25.6. The Kier molecular flexibility index (Phi) is 6.67. The van der Waals surface area contributed by atoms with Gasteiger partial charge < -0.3 is 15.4 Å². The number of thiophene rings is 1. The number of ether oxygens (including phenoxy) is 1. The molecule has 0 aromatic carbocycles. The van der Waals surface area contributed by atoms with E-state index in [-0.39, 0.29) is 30.8 Å². The second-order valence-corrected chi connectivity index (χ2v) is 11.4. The van der Waals surface area contributed by atoms with Gasteiger partial charge in [0.05, 0.1) is 27.6 Å². The van der Waals surface area contributed by atoms with Crippen LogP contribution in [0, 0.1) is 19.8 Å². The fraction of sp³-hybridized carbons (Fsp3) is 0.560. The van der Waals surface area contributed by atoms with Crippen molar-refractivity contribution in [2.24, 2.45) is 11.7 Å². The lowest BCUT2D eigenvalue weighted by Crippen LogP contribution is -2.46. The summed E-state index contributed by atoms with van der Waals surface area (Å²) in [7, 11) is 0. The zero-order valence-electron chi connectivity index (χ0n) is 19.8. The fourth-order valence-corrected chi connectivity index (χ4v) is 7.31. The number of carbonyl (C=O) groups is 3. The molecular formula is C25H29ClN4O4S. The Morgan fingerprint density at radius 3 is 2.66 bits per heavy atom. The summed E-state index contributed by atoms with van der Waals surface area (Å²) in [5, 5.41) is 7.89. The van der Waals surface area contributed by atoms with Crippen LogP contribution >= 0.6 is 22.9 Å². The van der Waals surface area contributed by atoms with Crippen LogP contribution in [0.2, 0.25) is 0 Å². The van der Waals surface area contributed by atoms with Crippen molar-refractivity contribution in [2.45, 2.75) is 69.4 Å². The number of alkyl halides is 1. The number of aryl methyl sites for hydroxylation is 2.